The number of amides is 1. The second kappa shape index (κ2) is 5.91. The van der Waals surface area contributed by atoms with Crippen LogP contribution in [0.25, 0.3) is 0 Å². The molecule has 0 unspecified atom stereocenters. The molecule has 5 N–H and O–H groups in total. The topological polar surface area (TPSA) is 130 Å². The first-order chi connectivity index (χ1) is 8.40. The molecule has 0 aliphatic heterocycles. The van der Waals surface area contributed by atoms with E-state index in [2.05, 4.69) is 4.72 Å². The molecule has 0 aliphatic rings. The number of hydrogen-bond donors (Lipinski definition) is 4. The van der Waals surface area contributed by atoms with Crippen molar-refractivity contribution in [2.75, 3.05) is 13.2 Å². The summed E-state index contributed by atoms with van der Waals surface area (Å²) in [4.78, 5) is 10.8. The summed E-state index contributed by atoms with van der Waals surface area (Å²) in [5, 5.41) is 17.6. The smallest absolute Gasteiger partial charge is 0.248 e. The number of hydrogen-bond acceptors (Lipinski definition) is 5. The van der Waals surface area contributed by atoms with Crippen molar-refractivity contribution >= 4 is 15.9 Å². The van der Waals surface area contributed by atoms with Crippen molar-refractivity contribution in [3.05, 3.63) is 29.8 Å². The number of primary amides is 1. The summed E-state index contributed by atoms with van der Waals surface area (Å²) in [5.41, 5.74) is 5.10. The lowest BCUT2D eigenvalue weighted by atomic mass is 10.2. The van der Waals surface area contributed by atoms with E-state index in [1.165, 1.54) is 18.2 Å². The van der Waals surface area contributed by atoms with Crippen molar-refractivity contribution in [2.45, 2.75) is 10.9 Å². The van der Waals surface area contributed by atoms with Crippen LogP contribution in [0.4, 0.5) is 0 Å². The minimum Gasteiger partial charge on any atom is -0.395 e. The number of aliphatic hydroxyl groups is 2. The highest BCUT2D eigenvalue weighted by molar-refractivity contribution is 7.89. The lowest BCUT2D eigenvalue weighted by Gasteiger charge is -2.13. The highest BCUT2D eigenvalue weighted by Crippen LogP contribution is 2.11. The number of benzene rings is 1. The Hall–Kier alpha value is -1.48. The van der Waals surface area contributed by atoms with Crippen molar-refractivity contribution in [2.24, 2.45) is 5.73 Å². The quantitative estimate of drug-likeness (QED) is 0.497. The Balaban J connectivity index is 3.05. The minimum atomic E-state index is -3.92. The lowest BCUT2D eigenvalue weighted by molar-refractivity contribution is 0.1000. The van der Waals surface area contributed by atoms with E-state index in [1.807, 2.05) is 0 Å². The number of aliphatic hydroxyl groups excluding tert-OH is 2. The first-order valence-corrected chi connectivity index (χ1v) is 6.53. The van der Waals surface area contributed by atoms with E-state index in [0.29, 0.717) is 0 Å². The number of nitrogens with one attached hydrogen (secondary N) is 1. The number of carbonyl (C=O) groups excluding carboxylic acids is 1. The molecule has 1 aromatic carbocycles. The zero-order valence-electron chi connectivity index (χ0n) is 9.41. The zero-order valence-corrected chi connectivity index (χ0v) is 10.2. The van der Waals surface area contributed by atoms with Gasteiger partial charge in [0.2, 0.25) is 15.9 Å². The van der Waals surface area contributed by atoms with E-state index < -0.39 is 35.2 Å². The summed E-state index contributed by atoms with van der Waals surface area (Å²) in [6, 6.07) is 4.17. The fourth-order valence-electron chi connectivity index (χ4n) is 1.24. The summed E-state index contributed by atoms with van der Waals surface area (Å²) in [6.07, 6.45) is 0. The van der Waals surface area contributed by atoms with Gasteiger partial charge in [0.1, 0.15) is 0 Å². The van der Waals surface area contributed by atoms with E-state index in [0.717, 1.165) is 6.07 Å². The van der Waals surface area contributed by atoms with Crippen LogP contribution < -0.4 is 10.5 Å². The highest BCUT2D eigenvalue weighted by atomic mass is 32.2. The second-order valence-electron chi connectivity index (χ2n) is 3.58. The van der Waals surface area contributed by atoms with Crippen molar-refractivity contribution in [1.82, 2.24) is 4.72 Å². The van der Waals surface area contributed by atoms with E-state index >= 15 is 0 Å². The largest absolute Gasteiger partial charge is 0.395 e. The molecule has 0 bridgehead atoms. The van der Waals surface area contributed by atoms with E-state index in [-0.39, 0.29) is 10.5 Å². The maximum Gasteiger partial charge on any atom is 0.248 e. The Bertz CT molecular complexity index is 525. The van der Waals surface area contributed by atoms with Gasteiger partial charge in [-0.2, -0.15) is 0 Å². The number of rotatable bonds is 6. The molecule has 1 rings (SSSR count). The molecular weight excluding hydrogens is 260 g/mol. The first kappa shape index (κ1) is 14.6. The van der Waals surface area contributed by atoms with Crippen molar-refractivity contribution in [3.63, 3.8) is 0 Å². The van der Waals surface area contributed by atoms with Crippen LogP contribution in [0, 0.1) is 0 Å². The standard InChI is InChI=1S/C10H14N2O5S/c11-10(15)7-2-1-3-9(4-7)18(16,17)12-8(5-13)6-14/h1-4,8,12-14H,5-6H2,(H2,11,15). The Morgan fingerprint density at radius 1 is 1.33 bits per heavy atom. The molecule has 0 atom stereocenters. The summed E-state index contributed by atoms with van der Waals surface area (Å²) >= 11 is 0. The number of sulfonamides is 1. The molecule has 100 valence electrons. The summed E-state index contributed by atoms with van der Waals surface area (Å²) in [6.45, 7) is -1.07. The maximum absolute atomic E-state index is 11.8. The van der Waals surface area contributed by atoms with Crippen molar-refractivity contribution in [1.29, 1.82) is 0 Å². The van der Waals surface area contributed by atoms with Gasteiger partial charge < -0.3 is 15.9 Å². The lowest BCUT2D eigenvalue weighted by Crippen LogP contribution is -2.40. The van der Waals surface area contributed by atoms with Gasteiger partial charge in [-0.3, -0.25) is 4.79 Å². The predicted octanol–water partition coefficient (Wildman–Crippen LogP) is -1.58. The van der Waals surface area contributed by atoms with Gasteiger partial charge in [0.15, 0.2) is 0 Å². The number of carbonyl (C=O) groups is 1. The van der Waals surface area contributed by atoms with Gasteiger partial charge in [-0.1, -0.05) is 6.07 Å². The minimum absolute atomic E-state index is 0.0578. The average molecular weight is 274 g/mol. The molecule has 0 spiro atoms. The van der Waals surface area contributed by atoms with Crippen molar-refractivity contribution in [3.8, 4) is 0 Å². The normalized spacial score (nSPS) is 11.7. The Kier molecular flexibility index (Phi) is 4.79. The molecule has 0 aromatic heterocycles. The van der Waals surface area contributed by atoms with Gasteiger partial charge in [0, 0.05) is 5.56 Å². The van der Waals surface area contributed by atoms with Crippen LogP contribution in [0.3, 0.4) is 0 Å². The molecular formula is C10H14N2O5S. The van der Waals surface area contributed by atoms with Gasteiger partial charge in [0.05, 0.1) is 24.2 Å². The molecule has 1 aromatic rings. The molecule has 1 amide bonds. The molecule has 0 radical (unpaired) electrons. The SMILES string of the molecule is NC(=O)c1cccc(S(=O)(=O)NC(CO)CO)c1. The third-order valence-corrected chi connectivity index (χ3v) is 3.71. The van der Waals surface area contributed by atoms with Crippen LogP contribution in [-0.2, 0) is 10.0 Å². The van der Waals surface area contributed by atoms with E-state index in [9.17, 15) is 13.2 Å². The number of nitrogens with two attached hydrogens (primary N) is 1. The predicted molar refractivity (Wildman–Crippen MR) is 63.2 cm³/mol. The summed E-state index contributed by atoms with van der Waals surface area (Å²) in [7, 11) is -3.92. The zero-order chi connectivity index (χ0) is 13.8. The summed E-state index contributed by atoms with van der Waals surface area (Å²) < 4.78 is 25.8. The van der Waals surface area contributed by atoms with Crippen LogP contribution in [-0.4, -0.2) is 43.8 Å². The highest BCUT2D eigenvalue weighted by Gasteiger charge is 2.19. The fourth-order valence-corrected chi connectivity index (χ4v) is 2.50. The Morgan fingerprint density at radius 3 is 2.44 bits per heavy atom. The summed E-state index contributed by atoms with van der Waals surface area (Å²) in [5.74, 6) is -0.743. The molecule has 8 heteroatoms. The second-order valence-corrected chi connectivity index (χ2v) is 5.29. The van der Waals surface area contributed by atoms with Crippen molar-refractivity contribution < 1.29 is 23.4 Å². The van der Waals surface area contributed by atoms with Crippen LogP contribution in [0.15, 0.2) is 29.2 Å². The molecule has 0 saturated heterocycles. The molecule has 18 heavy (non-hydrogen) atoms. The third-order valence-electron chi connectivity index (χ3n) is 2.19. The van der Waals surface area contributed by atoms with Crippen LogP contribution >= 0.6 is 0 Å². The molecule has 0 heterocycles. The molecule has 7 nitrogen and oxygen atoms in total. The van der Waals surface area contributed by atoms with Gasteiger partial charge in [0.25, 0.3) is 0 Å². The molecule has 0 saturated carbocycles. The molecule has 0 aliphatic carbocycles. The monoisotopic (exact) mass is 274 g/mol. The molecule has 0 fully saturated rings. The van der Waals surface area contributed by atoms with Crippen LogP contribution in [0.1, 0.15) is 10.4 Å². The van der Waals surface area contributed by atoms with Gasteiger partial charge in [-0.15, -0.1) is 0 Å². The van der Waals surface area contributed by atoms with Crippen LogP contribution in [0.5, 0.6) is 0 Å². The van der Waals surface area contributed by atoms with Gasteiger partial charge in [-0.05, 0) is 18.2 Å². The Labute approximate surface area is 104 Å². The van der Waals surface area contributed by atoms with Crippen LogP contribution in [0.2, 0.25) is 0 Å². The fraction of sp³-hybridized carbons (Fsp3) is 0.300. The first-order valence-electron chi connectivity index (χ1n) is 5.04. The van der Waals surface area contributed by atoms with E-state index in [4.69, 9.17) is 15.9 Å². The van der Waals surface area contributed by atoms with Gasteiger partial charge in [-0.25, -0.2) is 13.1 Å². The third kappa shape index (κ3) is 3.50. The van der Waals surface area contributed by atoms with Gasteiger partial charge >= 0.3 is 0 Å². The Morgan fingerprint density at radius 2 is 1.94 bits per heavy atom. The average Bonchev–Trinajstić information content (AvgIpc) is 2.36. The van der Waals surface area contributed by atoms with E-state index in [1.54, 1.807) is 0 Å². The maximum atomic E-state index is 11.8.